The van der Waals surface area contributed by atoms with E-state index >= 15 is 0 Å². The monoisotopic (exact) mass is 334 g/mol. The van der Waals surface area contributed by atoms with E-state index in [9.17, 15) is 14.7 Å². The molecule has 0 spiro atoms. The van der Waals surface area contributed by atoms with Gasteiger partial charge in [-0.3, -0.25) is 14.3 Å². The van der Waals surface area contributed by atoms with Crippen molar-refractivity contribution in [1.82, 2.24) is 20.0 Å². The van der Waals surface area contributed by atoms with Crippen LogP contribution in [0.25, 0.3) is 6.08 Å². The Morgan fingerprint density at radius 2 is 2.08 bits per heavy atom. The molecule has 1 saturated heterocycles. The largest absolute Gasteiger partial charge is 0.391 e. The first-order valence-corrected chi connectivity index (χ1v) is 8.31. The lowest BCUT2D eigenvalue weighted by Crippen LogP contribution is -2.44. The summed E-state index contributed by atoms with van der Waals surface area (Å²) in [5, 5.41) is 17.1. The third-order valence-electron chi connectivity index (χ3n) is 4.18. The lowest BCUT2D eigenvalue weighted by molar-refractivity contribution is -0.126. The summed E-state index contributed by atoms with van der Waals surface area (Å²) >= 11 is 0. The number of likely N-dealkylation sites (tertiary alicyclic amines) is 1. The first-order valence-electron chi connectivity index (χ1n) is 8.31. The molecule has 0 unspecified atom stereocenters. The Bertz CT molecular complexity index is 609. The summed E-state index contributed by atoms with van der Waals surface area (Å²) < 4.78 is 1.68. The Labute approximate surface area is 142 Å². The van der Waals surface area contributed by atoms with Crippen molar-refractivity contribution in [1.29, 1.82) is 0 Å². The van der Waals surface area contributed by atoms with Crippen molar-refractivity contribution < 1.29 is 14.7 Å². The van der Waals surface area contributed by atoms with Gasteiger partial charge in [-0.15, -0.1) is 0 Å². The number of carbonyl (C=O) groups excluding carboxylic acids is 2. The molecule has 1 fully saturated rings. The van der Waals surface area contributed by atoms with Gasteiger partial charge in [0, 0.05) is 43.9 Å². The number of hydrogen-bond acceptors (Lipinski definition) is 4. The Morgan fingerprint density at radius 1 is 1.38 bits per heavy atom. The number of aliphatic hydroxyl groups excluding tert-OH is 1. The van der Waals surface area contributed by atoms with E-state index in [0.29, 0.717) is 25.9 Å². The van der Waals surface area contributed by atoms with E-state index in [2.05, 4.69) is 10.4 Å². The van der Waals surface area contributed by atoms with E-state index in [1.54, 1.807) is 21.9 Å². The van der Waals surface area contributed by atoms with Gasteiger partial charge in [-0.25, -0.2) is 0 Å². The van der Waals surface area contributed by atoms with Gasteiger partial charge in [0.15, 0.2) is 0 Å². The van der Waals surface area contributed by atoms with Crippen molar-refractivity contribution in [3.63, 3.8) is 0 Å². The molecule has 2 atom stereocenters. The third kappa shape index (κ3) is 4.92. The van der Waals surface area contributed by atoms with E-state index in [1.807, 2.05) is 27.1 Å². The number of aromatic nitrogens is 2. The molecule has 1 aromatic rings. The quantitative estimate of drug-likeness (QED) is 0.788. The molecule has 132 valence electrons. The van der Waals surface area contributed by atoms with Gasteiger partial charge in [-0.05, 0) is 18.9 Å². The minimum Gasteiger partial charge on any atom is -0.391 e. The van der Waals surface area contributed by atoms with Crippen LogP contribution in [0.2, 0.25) is 0 Å². The van der Waals surface area contributed by atoms with Crippen molar-refractivity contribution in [2.45, 2.75) is 38.8 Å². The topological polar surface area (TPSA) is 87.5 Å². The predicted molar refractivity (Wildman–Crippen MR) is 90.8 cm³/mol. The van der Waals surface area contributed by atoms with Gasteiger partial charge < -0.3 is 15.3 Å². The summed E-state index contributed by atoms with van der Waals surface area (Å²) in [6, 6.07) is -0.306. The summed E-state index contributed by atoms with van der Waals surface area (Å²) in [4.78, 5) is 25.8. The maximum Gasteiger partial charge on any atom is 0.246 e. The SMILES string of the molecule is CC(C)C(=O)N[C@H]1CCN(C(=O)/C=C/c2cnn(C)c2)CC[C@@H]1O. The predicted octanol–water partition coefficient (Wildman–Crippen LogP) is 0.557. The average molecular weight is 334 g/mol. The van der Waals surface area contributed by atoms with Gasteiger partial charge in [0.2, 0.25) is 11.8 Å². The van der Waals surface area contributed by atoms with Gasteiger partial charge in [0.25, 0.3) is 0 Å². The maximum atomic E-state index is 12.3. The van der Waals surface area contributed by atoms with Crippen LogP contribution in [0.1, 0.15) is 32.3 Å². The van der Waals surface area contributed by atoms with E-state index in [1.165, 1.54) is 6.08 Å². The summed E-state index contributed by atoms with van der Waals surface area (Å²) in [5.41, 5.74) is 0.864. The first-order chi connectivity index (χ1) is 11.4. The third-order valence-corrected chi connectivity index (χ3v) is 4.18. The normalized spacial score (nSPS) is 22.0. The molecule has 0 bridgehead atoms. The van der Waals surface area contributed by atoms with E-state index in [4.69, 9.17) is 0 Å². The molecular weight excluding hydrogens is 308 g/mol. The Morgan fingerprint density at radius 3 is 2.71 bits per heavy atom. The standard InChI is InChI=1S/C17H26N4O3/c1-12(2)17(24)19-14-6-8-21(9-7-15(14)22)16(23)5-4-13-10-18-20(3)11-13/h4-5,10-12,14-15,22H,6-9H2,1-3H3,(H,19,24)/b5-4+/t14-,15-/m0/s1. The van der Waals surface area contributed by atoms with Gasteiger partial charge in [-0.1, -0.05) is 13.8 Å². The van der Waals surface area contributed by atoms with Crippen LogP contribution < -0.4 is 5.32 Å². The number of rotatable bonds is 4. The number of carbonyl (C=O) groups is 2. The van der Waals surface area contributed by atoms with Crippen molar-refractivity contribution in [2.24, 2.45) is 13.0 Å². The first kappa shape index (κ1) is 18.2. The molecular formula is C17H26N4O3. The molecule has 1 aromatic heterocycles. The molecule has 7 heteroatoms. The number of aryl methyl sites for hydroxylation is 1. The highest BCUT2D eigenvalue weighted by atomic mass is 16.3. The molecule has 1 aliphatic rings. The Kier molecular flexibility index (Phi) is 6.14. The fraction of sp³-hybridized carbons (Fsp3) is 0.588. The molecule has 0 radical (unpaired) electrons. The lowest BCUT2D eigenvalue weighted by atomic mass is 10.1. The zero-order chi connectivity index (χ0) is 17.7. The fourth-order valence-electron chi connectivity index (χ4n) is 2.63. The molecule has 1 aliphatic heterocycles. The smallest absolute Gasteiger partial charge is 0.246 e. The summed E-state index contributed by atoms with van der Waals surface area (Å²) in [6.07, 6.45) is 7.14. The van der Waals surface area contributed by atoms with Crippen molar-refractivity contribution in [3.05, 3.63) is 24.0 Å². The van der Waals surface area contributed by atoms with Crippen molar-refractivity contribution in [2.75, 3.05) is 13.1 Å². The van der Waals surface area contributed by atoms with Crippen LogP contribution in [0, 0.1) is 5.92 Å². The minimum atomic E-state index is -0.632. The zero-order valence-corrected chi connectivity index (χ0v) is 14.5. The number of nitrogens with one attached hydrogen (secondary N) is 1. The van der Waals surface area contributed by atoms with Crippen molar-refractivity contribution >= 4 is 17.9 Å². The fourth-order valence-corrected chi connectivity index (χ4v) is 2.63. The van der Waals surface area contributed by atoms with Crippen LogP contribution in [-0.4, -0.2) is 56.8 Å². The van der Waals surface area contributed by atoms with E-state index in [0.717, 1.165) is 5.56 Å². The highest BCUT2D eigenvalue weighted by Gasteiger charge is 2.27. The number of amides is 2. The molecule has 24 heavy (non-hydrogen) atoms. The van der Waals surface area contributed by atoms with Crippen LogP contribution in [-0.2, 0) is 16.6 Å². The molecule has 0 aromatic carbocycles. The molecule has 2 rings (SSSR count). The second-order valence-corrected chi connectivity index (χ2v) is 6.52. The Balaban J connectivity index is 1.92. The molecule has 0 aliphatic carbocycles. The van der Waals surface area contributed by atoms with Gasteiger partial charge in [-0.2, -0.15) is 5.10 Å². The average Bonchev–Trinajstić information content (AvgIpc) is 2.87. The number of hydrogen-bond donors (Lipinski definition) is 2. The van der Waals surface area contributed by atoms with Gasteiger partial charge in [0.1, 0.15) is 0 Å². The highest BCUT2D eigenvalue weighted by Crippen LogP contribution is 2.14. The second kappa shape index (κ2) is 8.10. The zero-order valence-electron chi connectivity index (χ0n) is 14.5. The number of nitrogens with zero attached hydrogens (tertiary/aromatic N) is 3. The summed E-state index contributed by atoms with van der Waals surface area (Å²) in [7, 11) is 1.82. The van der Waals surface area contributed by atoms with Crippen molar-refractivity contribution in [3.8, 4) is 0 Å². The lowest BCUT2D eigenvalue weighted by Gasteiger charge is -2.22. The van der Waals surface area contributed by atoms with Crippen LogP contribution in [0.5, 0.6) is 0 Å². The summed E-state index contributed by atoms with van der Waals surface area (Å²) in [5.74, 6) is -0.294. The van der Waals surface area contributed by atoms with E-state index < -0.39 is 6.10 Å². The minimum absolute atomic E-state index is 0.0738. The van der Waals surface area contributed by atoms with Gasteiger partial charge >= 0.3 is 0 Å². The summed E-state index contributed by atoms with van der Waals surface area (Å²) in [6.45, 7) is 4.62. The number of aliphatic hydroxyl groups is 1. The van der Waals surface area contributed by atoms with Gasteiger partial charge in [0.05, 0.1) is 18.3 Å². The Hall–Kier alpha value is -2.15. The highest BCUT2D eigenvalue weighted by molar-refractivity contribution is 5.91. The molecule has 7 nitrogen and oxygen atoms in total. The maximum absolute atomic E-state index is 12.3. The molecule has 2 heterocycles. The van der Waals surface area contributed by atoms with Crippen LogP contribution in [0.15, 0.2) is 18.5 Å². The molecule has 0 saturated carbocycles. The molecule has 2 N–H and O–H groups in total. The van der Waals surface area contributed by atoms with E-state index in [-0.39, 0.29) is 23.8 Å². The van der Waals surface area contributed by atoms with Crippen LogP contribution in [0.3, 0.4) is 0 Å². The van der Waals surface area contributed by atoms with Crippen LogP contribution in [0.4, 0.5) is 0 Å². The molecule has 2 amide bonds. The second-order valence-electron chi connectivity index (χ2n) is 6.52. The van der Waals surface area contributed by atoms with Crippen LogP contribution >= 0.6 is 0 Å².